The van der Waals surface area contributed by atoms with Gasteiger partial charge in [0.2, 0.25) is 0 Å². The summed E-state index contributed by atoms with van der Waals surface area (Å²) < 4.78 is 0. The Kier molecular flexibility index (Phi) is 25.7. The predicted octanol–water partition coefficient (Wildman–Crippen LogP) is -3.59. The smallest absolute Gasteiger partial charge is 1.00 e. The third-order valence-corrected chi connectivity index (χ3v) is 0. The molecule has 0 amide bonds. The molecule has 0 aromatic carbocycles. The van der Waals surface area contributed by atoms with Crippen molar-refractivity contribution in [2.24, 2.45) is 0 Å². The van der Waals surface area contributed by atoms with Gasteiger partial charge in [0.25, 0.3) is 0 Å². The van der Waals surface area contributed by atoms with E-state index in [1.807, 2.05) is 0 Å². The van der Waals surface area contributed by atoms with E-state index in [4.69, 9.17) is 19.2 Å². The molecule has 0 aliphatic rings. The molecule has 0 unspecified atom stereocenters. The molecule has 0 spiro atoms. The van der Waals surface area contributed by atoms with E-state index >= 15 is 0 Å². The Bertz CT molecular complexity index is 35.1. The molecule has 0 aromatic heterocycles. The van der Waals surface area contributed by atoms with E-state index in [1.165, 1.54) is 0 Å². The van der Waals surface area contributed by atoms with Crippen LogP contribution in [-0.4, -0.2) is 71.4 Å². The van der Waals surface area contributed by atoms with Gasteiger partial charge in [0.1, 0.15) is 0 Å². The standard InChI is InChI=1S/Ca.H4O4Si.H2O.Zr.2H/c;1-5(2,3)4;;;;/h;1-4H;1H2;;;/q+2;;;;2*-1. The maximum atomic E-state index is 7.33. The molecule has 0 saturated carbocycles. The molecule has 8 heavy (non-hydrogen) atoms. The zero-order valence-corrected chi connectivity index (χ0v) is 9.66. The molecule has 0 heterocycles. The summed E-state index contributed by atoms with van der Waals surface area (Å²) in [6.07, 6.45) is 0. The second-order valence-electron chi connectivity index (χ2n) is 0.600. The quantitative estimate of drug-likeness (QED) is 0.331. The molecule has 6 N–H and O–H groups in total. The van der Waals surface area contributed by atoms with Gasteiger partial charge in [-0.2, -0.15) is 0 Å². The second-order valence-corrected chi connectivity index (χ2v) is 1.80. The number of rotatable bonds is 0. The van der Waals surface area contributed by atoms with Crippen molar-refractivity contribution >= 4 is 46.8 Å². The Morgan fingerprint density at radius 3 is 1.00 bits per heavy atom. The van der Waals surface area contributed by atoms with Crippen LogP contribution in [0.25, 0.3) is 0 Å². The molecule has 0 aromatic rings. The van der Waals surface area contributed by atoms with E-state index in [9.17, 15) is 0 Å². The van der Waals surface area contributed by atoms with Crippen molar-refractivity contribution in [3.05, 3.63) is 0 Å². The van der Waals surface area contributed by atoms with Crippen LogP contribution < -0.4 is 0 Å². The van der Waals surface area contributed by atoms with Gasteiger partial charge in [0.15, 0.2) is 0 Å². The summed E-state index contributed by atoms with van der Waals surface area (Å²) in [4.78, 5) is 29.3. The normalized spacial score (nSPS) is 7.50. The van der Waals surface area contributed by atoms with E-state index in [2.05, 4.69) is 0 Å². The third-order valence-electron chi connectivity index (χ3n) is 0. The van der Waals surface area contributed by atoms with Gasteiger partial charge in [-0.3, -0.25) is 0 Å². The summed E-state index contributed by atoms with van der Waals surface area (Å²) in [6, 6.07) is 0. The van der Waals surface area contributed by atoms with Crippen molar-refractivity contribution in [2.75, 3.05) is 0 Å². The van der Waals surface area contributed by atoms with Crippen LogP contribution in [0.1, 0.15) is 2.85 Å². The molecule has 0 radical (unpaired) electrons. The fraction of sp³-hybridized carbons (Fsp3) is 0. The first kappa shape index (κ1) is 22.5. The minimum absolute atomic E-state index is 0. The van der Waals surface area contributed by atoms with Crippen LogP contribution in [0.15, 0.2) is 0 Å². The largest absolute Gasteiger partial charge is 2.00 e. The van der Waals surface area contributed by atoms with Crippen molar-refractivity contribution in [2.45, 2.75) is 0 Å². The summed E-state index contributed by atoms with van der Waals surface area (Å²) in [5.74, 6) is 0. The molecular formula is H8CaO5SiZr. The summed E-state index contributed by atoms with van der Waals surface area (Å²) in [5, 5.41) is 0. The SMILES string of the molecule is O.O[Si](O)(O)O.[Ca+2].[H-].[H-].[Zr]. The molecule has 0 rings (SSSR count). The molecule has 48 valence electrons. The summed E-state index contributed by atoms with van der Waals surface area (Å²) in [7, 11) is -4.61. The topological polar surface area (TPSA) is 112 Å². The fourth-order valence-corrected chi connectivity index (χ4v) is 0. The van der Waals surface area contributed by atoms with Crippen LogP contribution in [-0.2, 0) is 26.2 Å². The van der Waals surface area contributed by atoms with Crippen molar-refractivity contribution < 1.29 is 53.7 Å². The first-order valence-corrected chi connectivity index (χ1v) is 2.68. The van der Waals surface area contributed by atoms with Gasteiger partial charge in [-0.15, -0.1) is 0 Å². The predicted molar refractivity (Wildman–Crippen MR) is 26.2 cm³/mol. The Morgan fingerprint density at radius 1 is 1.00 bits per heavy atom. The van der Waals surface area contributed by atoms with Crippen LogP contribution in [0, 0.1) is 0 Å². The molecule has 0 aliphatic carbocycles. The Balaban J connectivity index is -0.00000000800. The van der Waals surface area contributed by atoms with E-state index in [-0.39, 0.29) is 72.3 Å². The van der Waals surface area contributed by atoms with Crippen LogP contribution in [0.2, 0.25) is 0 Å². The van der Waals surface area contributed by atoms with Crippen LogP contribution >= 0.6 is 0 Å². The van der Waals surface area contributed by atoms with Gasteiger partial charge in [-0.25, -0.2) is 0 Å². The Morgan fingerprint density at radius 2 is 1.00 bits per heavy atom. The maximum absolute atomic E-state index is 7.33. The van der Waals surface area contributed by atoms with Crippen molar-refractivity contribution in [1.29, 1.82) is 0 Å². The van der Waals surface area contributed by atoms with Gasteiger partial charge in [0, 0.05) is 26.2 Å². The Hall–Kier alpha value is 2.16. The first-order chi connectivity index (χ1) is 2.00. The Labute approximate surface area is 99.2 Å². The van der Waals surface area contributed by atoms with Gasteiger partial charge in [-0.1, -0.05) is 0 Å². The van der Waals surface area contributed by atoms with Gasteiger partial charge in [-0.05, 0) is 0 Å². The van der Waals surface area contributed by atoms with Gasteiger partial charge >= 0.3 is 46.8 Å². The van der Waals surface area contributed by atoms with Crippen molar-refractivity contribution in [1.82, 2.24) is 0 Å². The van der Waals surface area contributed by atoms with Crippen LogP contribution in [0.4, 0.5) is 0 Å². The van der Waals surface area contributed by atoms with Gasteiger partial charge in [0.05, 0.1) is 0 Å². The summed E-state index contributed by atoms with van der Waals surface area (Å²) in [6.45, 7) is 0. The van der Waals surface area contributed by atoms with E-state index in [0.717, 1.165) is 0 Å². The molecule has 0 fully saturated rings. The van der Waals surface area contributed by atoms with Crippen molar-refractivity contribution in [3.63, 3.8) is 0 Å². The molecule has 8 heteroatoms. The van der Waals surface area contributed by atoms with Crippen LogP contribution in [0.3, 0.4) is 0 Å². The molecule has 0 atom stereocenters. The van der Waals surface area contributed by atoms with E-state index in [0.29, 0.717) is 0 Å². The van der Waals surface area contributed by atoms with Crippen molar-refractivity contribution in [3.8, 4) is 0 Å². The van der Waals surface area contributed by atoms with Gasteiger partial charge < -0.3 is 27.5 Å². The average molecular weight is 247 g/mol. The first-order valence-electron chi connectivity index (χ1n) is 0.894. The molecule has 0 saturated heterocycles. The monoisotopic (exact) mass is 246 g/mol. The minimum Gasteiger partial charge on any atom is -1.00 e. The van der Waals surface area contributed by atoms with Crippen LogP contribution in [0.5, 0.6) is 0 Å². The van der Waals surface area contributed by atoms with E-state index in [1.54, 1.807) is 0 Å². The third kappa shape index (κ3) is 89.7. The zero-order valence-electron chi connectivity index (χ0n) is 6.00. The molecule has 5 nitrogen and oxygen atoms in total. The maximum Gasteiger partial charge on any atom is 2.00 e. The number of hydrogen-bond acceptors (Lipinski definition) is 4. The minimum atomic E-state index is -4.61. The average Bonchev–Trinajstić information content (AvgIpc) is 0.722. The zero-order chi connectivity index (χ0) is 4.50. The fourth-order valence-electron chi connectivity index (χ4n) is 0. The molecule has 0 aliphatic heterocycles. The molecular weight excluding hydrogens is 239 g/mol. The summed E-state index contributed by atoms with van der Waals surface area (Å²) >= 11 is 0. The summed E-state index contributed by atoms with van der Waals surface area (Å²) in [5.41, 5.74) is 0. The van der Waals surface area contributed by atoms with E-state index < -0.39 is 9.05 Å². The molecule has 0 bridgehead atoms. The number of hydrogen-bond donors (Lipinski definition) is 4. The second kappa shape index (κ2) is 9.16.